The van der Waals surface area contributed by atoms with Gasteiger partial charge in [0.1, 0.15) is 5.84 Å². The van der Waals surface area contributed by atoms with Crippen molar-refractivity contribution in [3.63, 3.8) is 0 Å². The molecule has 0 unspecified atom stereocenters. The standard InChI is InChI=1S/C15H29N3O2/c1-12(2)18(11-10-14(16)17-20)15(19)13-8-6-4-3-5-7-9-13/h12-13,20H,3-11H2,1-2H3,(H2,16,17). The Kier molecular flexibility index (Phi) is 7.41. The average Bonchev–Trinajstić information content (AvgIpc) is 2.37. The zero-order valence-electron chi connectivity index (χ0n) is 12.8. The van der Waals surface area contributed by atoms with E-state index in [2.05, 4.69) is 5.16 Å². The summed E-state index contributed by atoms with van der Waals surface area (Å²) in [6.45, 7) is 4.57. The third-order valence-electron chi connectivity index (χ3n) is 4.10. The average molecular weight is 283 g/mol. The van der Waals surface area contributed by atoms with Crippen molar-refractivity contribution in [3.05, 3.63) is 0 Å². The van der Waals surface area contributed by atoms with Gasteiger partial charge in [0.15, 0.2) is 0 Å². The van der Waals surface area contributed by atoms with Crippen LogP contribution in [0.5, 0.6) is 0 Å². The normalized spacial score (nSPS) is 18.6. The second-order valence-electron chi connectivity index (χ2n) is 6.01. The Bertz CT molecular complexity index is 321. The molecule has 1 amide bonds. The van der Waals surface area contributed by atoms with Gasteiger partial charge in [-0.1, -0.05) is 37.3 Å². The number of hydrogen-bond acceptors (Lipinski definition) is 3. The van der Waals surface area contributed by atoms with Crippen molar-refractivity contribution in [2.45, 2.75) is 71.3 Å². The fraction of sp³-hybridized carbons (Fsp3) is 0.867. The minimum Gasteiger partial charge on any atom is -0.409 e. The van der Waals surface area contributed by atoms with Gasteiger partial charge in [0.25, 0.3) is 0 Å². The van der Waals surface area contributed by atoms with Crippen molar-refractivity contribution in [2.75, 3.05) is 6.54 Å². The Hall–Kier alpha value is -1.26. The van der Waals surface area contributed by atoms with Gasteiger partial charge in [-0.25, -0.2) is 0 Å². The lowest BCUT2D eigenvalue weighted by Crippen LogP contribution is -2.42. The first-order chi connectivity index (χ1) is 9.56. The predicted octanol–water partition coefficient (Wildman–Crippen LogP) is 2.72. The second kappa shape index (κ2) is 8.82. The van der Waals surface area contributed by atoms with E-state index in [-0.39, 0.29) is 23.7 Å². The van der Waals surface area contributed by atoms with Gasteiger partial charge >= 0.3 is 0 Å². The molecule has 20 heavy (non-hydrogen) atoms. The quantitative estimate of drug-likeness (QED) is 0.352. The van der Waals surface area contributed by atoms with Gasteiger partial charge in [-0.2, -0.15) is 0 Å². The van der Waals surface area contributed by atoms with E-state index in [9.17, 15) is 4.79 Å². The first kappa shape index (κ1) is 16.8. The summed E-state index contributed by atoms with van der Waals surface area (Å²) < 4.78 is 0. The maximum absolute atomic E-state index is 12.7. The van der Waals surface area contributed by atoms with Gasteiger partial charge in [-0.3, -0.25) is 4.79 Å². The van der Waals surface area contributed by atoms with Crippen molar-refractivity contribution in [1.82, 2.24) is 4.90 Å². The molecule has 116 valence electrons. The predicted molar refractivity (Wildman–Crippen MR) is 80.7 cm³/mol. The van der Waals surface area contributed by atoms with E-state index < -0.39 is 0 Å². The number of carbonyl (C=O) groups excluding carboxylic acids is 1. The van der Waals surface area contributed by atoms with Crippen molar-refractivity contribution in [3.8, 4) is 0 Å². The fourth-order valence-corrected chi connectivity index (χ4v) is 2.85. The molecule has 0 heterocycles. The van der Waals surface area contributed by atoms with E-state index in [4.69, 9.17) is 10.9 Å². The van der Waals surface area contributed by atoms with E-state index in [1.165, 1.54) is 19.3 Å². The summed E-state index contributed by atoms with van der Waals surface area (Å²) in [6.07, 6.45) is 8.54. The Morgan fingerprint density at radius 1 is 1.25 bits per heavy atom. The molecule has 0 aromatic rings. The molecular weight excluding hydrogens is 254 g/mol. The number of nitrogens with two attached hydrogens (primary N) is 1. The number of amides is 1. The molecular formula is C15H29N3O2. The first-order valence-corrected chi connectivity index (χ1v) is 7.83. The highest BCUT2D eigenvalue weighted by Gasteiger charge is 2.26. The van der Waals surface area contributed by atoms with Crippen molar-refractivity contribution < 1.29 is 10.0 Å². The summed E-state index contributed by atoms with van der Waals surface area (Å²) in [4.78, 5) is 14.6. The summed E-state index contributed by atoms with van der Waals surface area (Å²) in [5.74, 6) is 0.582. The molecule has 0 atom stereocenters. The van der Waals surface area contributed by atoms with Crippen LogP contribution >= 0.6 is 0 Å². The first-order valence-electron chi connectivity index (χ1n) is 7.83. The van der Waals surface area contributed by atoms with Crippen LogP contribution in [-0.4, -0.2) is 34.4 Å². The molecule has 0 aromatic heterocycles. The minimum absolute atomic E-state index is 0.152. The summed E-state index contributed by atoms with van der Waals surface area (Å²) in [6, 6.07) is 0.152. The molecule has 1 rings (SSSR count). The smallest absolute Gasteiger partial charge is 0.225 e. The Morgan fingerprint density at radius 3 is 2.30 bits per heavy atom. The summed E-state index contributed by atoms with van der Waals surface area (Å²) in [5.41, 5.74) is 5.51. The molecule has 0 aromatic carbocycles. The highest BCUT2D eigenvalue weighted by molar-refractivity contribution is 5.82. The van der Waals surface area contributed by atoms with Crippen LogP contribution in [0, 0.1) is 5.92 Å². The topological polar surface area (TPSA) is 78.9 Å². The Labute approximate surface area is 122 Å². The molecule has 0 saturated heterocycles. The van der Waals surface area contributed by atoms with E-state index in [1.807, 2.05) is 18.7 Å². The van der Waals surface area contributed by atoms with Crippen LogP contribution in [0.25, 0.3) is 0 Å². The van der Waals surface area contributed by atoms with Gasteiger partial charge in [-0.05, 0) is 26.7 Å². The van der Waals surface area contributed by atoms with E-state index in [0.29, 0.717) is 13.0 Å². The number of hydrogen-bond donors (Lipinski definition) is 2. The molecule has 0 aliphatic heterocycles. The van der Waals surface area contributed by atoms with Crippen molar-refractivity contribution in [1.29, 1.82) is 0 Å². The third kappa shape index (κ3) is 5.39. The molecule has 1 aliphatic carbocycles. The van der Waals surface area contributed by atoms with Crippen LogP contribution in [0.3, 0.4) is 0 Å². The van der Waals surface area contributed by atoms with Crippen LogP contribution in [0.15, 0.2) is 5.16 Å². The molecule has 1 fully saturated rings. The van der Waals surface area contributed by atoms with Crippen LogP contribution in [-0.2, 0) is 4.79 Å². The van der Waals surface area contributed by atoms with E-state index >= 15 is 0 Å². The minimum atomic E-state index is 0.152. The van der Waals surface area contributed by atoms with Crippen LogP contribution in [0.1, 0.15) is 65.2 Å². The molecule has 0 bridgehead atoms. The zero-order chi connectivity index (χ0) is 15.0. The summed E-state index contributed by atoms with van der Waals surface area (Å²) in [7, 11) is 0. The van der Waals surface area contributed by atoms with Gasteiger partial charge in [0.05, 0.1) is 0 Å². The lowest BCUT2D eigenvalue weighted by Gasteiger charge is -2.31. The molecule has 3 N–H and O–H groups in total. The highest BCUT2D eigenvalue weighted by atomic mass is 16.4. The van der Waals surface area contributed by atoms with Crippen LogP contribution in [0.4, 0.5) is 0 Å². The molecule has 5 nitrogen and oxygen atoms in total. The highest BCUT2D eigenvalue weighted by Crippen LogP contribution is 2.24. The van der Waals surface area contributed by atoms with Gasteiger partial charge in [0, 0.05) is 24.9 Å². The van der Waals surface area contributed by atoms with Gasteiger partial charge in [-0.15, -0.1) is 0 Å². The third-order valence-corrected chi connectivity index (χ3v) is 4.10. The van der Waals surface area contributed by atoms with Crippen LogP contribution in [0.2, 0.25) is 0 Å². The molecule has 0 spiro atoms. The van der Waals surface area contributed by atoms with E-state index in [1.54, 1.807) is 0 Å². The van der Waals surface area contributed by atoms with Crippen molar-refractivity contribution >= 4 is 11.7 Å². The molecule has 1 saturated carbocycles. The van der Waals surface area contributed by atoms with Crippen molar-refractivity contribution in [2.24, 2.45) is 16.8 Å². The van der Waals surface area contributed by atoms with Gasteiger partial charge < -0.3 is 15.8 Å². The SMILES string of the molecule is CC(C)N(CCC(N)=NO)C(=O)C1CCCCCCC1. The summed E-state index contributed by atoms with van der Waals surface area (Å²) >= 11 is 0. The number of rotatable bonds is 5. The number of nitrogens with zero attached hydrogens (tertiary/aromatic N) is 2. The second-order valence-corrected chi connectivity index (χ2v) is 6.01. The maximum Gasteiger partial charge on any atom is 0.225 e. The number of carbonyl (C=O) groups is 1. The van der Waals surface area contributed by atoms with Gasteiger partial charge in [0.2, 0.25) is 5.91 Å². The summed E-state index contributed by atoms with van der Waals surface area (Å²) in [5, 5.41) is 11.6. The van der Waals surface area contributed by atoms with Crippen LogP contribution < -0.4 is 5.73 Å². The number of amidine groups is 1. The zero-order valence-corrected chi connectivity index (χ0v) is 12.8. The Morgan fingerprint density at radius 2 is 1.80 bits per heavy atom. The molecule has 1 aliphatic rings. The molecule has 5 heteroatoms. The lowest BCUT2D eigenvalue weighted by molar-refractivity contribution is -0.137. The number of oxime groups is 1. The lowest BCUT2D eigenvalue weighted by atomic mass is 9.90. The molecule has 0 radical (unpaired) electrons. The monoisotopic (exact) mass is 283 g/mol. The van der Waals surface area contributed by atoms with E-state index in [0.717, 1.165) is 25.7 Å². The Balaban J connectivity index is 2.61. The maximum atomic E-state index is 12.7. The fourth-order valence-electron chi connectivity index (χ4n) is 2.85. The largest absolute Gasteiger partial charge is 0.409 e.